The van der Waals surface area contributed by atoms with Gasteiger partial charge in [0.15, 0.2) is 0 Å². The number of hydrogen-bond acceptors (Lipinski definition) is 2. The lowest BCUT2D eigenvalue weighted by molar-refractivity contribution is 0.792. The molecule has 0 radical (unpaired) electrons. The lowest BCUT2D eigenvalue weighted by atomic mass is 10.0. The second-order valence-electron chi connectivity index (χ2n) is 4.97. The number of imidazole rings is 1. The highest BCUT2D eigenvalue weighted by molar-refractivity contribution is 5.25. The fourth-order valence-corrected chi connectivity index (χ4v) is 1.99. The van der Waals surface area contributed by atoms with Gasteiger partial charge in [0.05, 0.1) is 12.0 Å². The molecule has 0 saturated heterocycles. The van der Waals surface area contributed by atoms with Crippen LogP contribution >= 0.6 is 0 Å². The molecule has 1 heterocycles. The Balaban J connectivity index is 2.03. The van der Waals surface area contributed by atoms with Crippen LogP contribution in [-0.2, 0) is 13.0 Å². The first kappa shape index (κ1) is 12.8. The van der Waals surface area contributed by atoms with Gasteiger partial charge in [0.2, 0.25) is 0 Å². The molecule has 1 aromatic carbocycles. The van der Waals surface area contributed by atoms with Crippen molar-refractivity contribution in [1.82, 2.24) is 9.55 Å². The molecule has 18 heavy (non-hydrogen) atoms. The molecular formula is C15H21N3. The molecule has 0 aliphatic carbocycles. The van der Waals surface area contributed by atoms with Crippen LogP contribution in [0.5, 0.6) is 0 Å². The number of nitrogens with two attached hydrogens (primary N) is 1. The van der Waals surface area contributed by atoms with Crippen LogP contribution in [0, 0.1) is 0 Å². The van der Waals surface area contributed by atoms with Crippen LogP contribution in [0.1, 0.15) is 36.6 Å². The van der Waals surface area contributed by atoms with E-state index < -0.39 is 0 Å². The Kier molecular flexibility index (Phi) is 4.15. The number of nitrogens with zero attached hydrogens (tertiary/aromatic N) is 2. The van der Waals surface area contributed by atoms with Gasteiger partial charge in [0.1, 0.15) is 0 Å². The average molecular weight is 243 g/mol. The average Bonchev–Trinajstić information content (AvgIpc) is 2.78. The van der Waals surface area contributed by atoms with Crippen molar-refractivity contribution < 1.29 is 0 Å². The van der Waals surface area contributed by atoms with E-state index in [1.165, 1.54) is 11.1 Å². The Morgan fingerprint density at radius 2 is 1.94 bits per heavy atom. The standard InChI is InChI=1S/C15H21N3/c1-12(2)14-5-3-13(4-6-14)9-18-10-15(7-8-16)17-11-18/h3-6,10-12H,7-9,16H2,1-2H3. The number of benzene rings is 1. The predicted octanol–water partition coefficient (Wildman–Crippen LogP) is 2.56. The Morgan fingerprint density at radius 3 is 2.56 bits per heavy atom. The molecule has 1 aromatic heterocycles. The maximum atomic E-state index is 5.52. The minimum absolute atomic E-state index is 0.587. The predicted molar refractivity (Wildman–Crippen MR) is 74.6 cm³/mol. The van der Waals surface area contributed by atoms with Gasteiger partial charge < -0.3 is 10.3 Å². The zero-order chi connectivity index (χ0) is 13.0. The maximum Gasteiger partial charge on any atom is 0.0952 e. The Hall–Kier alpha value is -1.61. The molecule has 0 bridgehead atoms. The van der Waals surface area contributed by atoms with E-state index in [4.69, 9.17) is 5.73 Å². The van der Waals surface area contributed by atoms with Crippen LogP contribution in [0.3, 0.4) is 0 Å². The van der Waals surface area contributed by atoms with Crippen molar-refractivity contribution in [2.75, 3.05) is 6.54 Å². The summed E-state index contributed by atoms with van der Waals surface area (Å²) >= 11 is 0. The summed E-state index contributed by atoms with van der Waals surface area (Å²) in [6, 6.07) is 8.80. The van der Waals surface area contributed by atoms with Gasteiger partial charge in [0.25, 0.3) is 0 Å². The summed E-state index contributed by atoms with van der Waals surface area (Å²) in [6.07, 6.45) is 4.80. The lowest BCUT2D eigenvalue weighted by Gasteiger charge is -2.07. The molecule has 0 fully saturated rings. The zero-order valence-corrected chi connectivity index (χ0v) is 11.1. The summed E-state index contributed by atoms with van der Waals surface area (Å²) in [6.45, 7) is 5.95. The molecule has 0 atom stereocenters. The van der Waals surface area contributed by atoms with Crippen molar-refractivity contribution in [2.45, 2.75) is 32.7 Å². The summed E-state index contributed by atoms with van der Waals surface area (Å²) in [5, 5.41) is 0. The SMILES string of the molecule is CC(C)c1ccc(Cn2cnc(CCN)c2)cc1. The van der Waals surface area contributed by atoms with Crippen molar-refractivity contribution in [3.05, 3.63) is 53.6 Å². The largest absolute Gasteiger partial charge is 0.333 e. The van der Waals surface area contributed by atoms with E-state index in [0.29, 0.717) is 12.5 Å². The van der Waals surface area contributed by atoms with Gasteiger partial charge >= 0.3 is 0 Å². The first-order valence-corrected chi connectivity index (χ1v) is 6.48. The minimum atomic E-state index is 0.587. The van der Waals surface area contributed by atoms with Crippen molar-refractivity contribution in [1.29, 1.82) is 0 Å². The molecule has 0 saturated carbocycles. The van der Waals surface area contributed by atoms with Crippen molar-refractivity contribution in [3.8, 4) is 0 Å². The van der Waals surface area contributed by atoms with E-state index in [0.717, 1.165) is 18.7 Å². The van der Waals surface area contributed by atoms with Gasteiger partial charge in [0, 0.05) is 19.2 Å². The smallest absolute Gasteiger partial charge is 0.0952 e. The fraction of sp³-hybridized carbons (Fsp3) is 0.400. The molecule has 0 unspecified atom stereocenters. The molecule has 0 amide bonds. The molecule has 0 spiro atoms. The highest BCUT2D eigenvalue weighted by Crippen LogP contribution is 2.15. The molecule has 2 aromatic rings. The topological polar surface area (TPSA) is 43.8 Å². The van der Waals surface area contributed by atoms with Crippen LogP contribution < -0.4 is 5.73 Å². The third kappa shape index (κ3) is 3.20. The summed E-state index contributed by atoms with van der Waals surface area (Å²) in [4.78, 5) is 4.33. The maximum absolute atomic E-state index is 5.52. The third-order valence-electron chi connectivity index (χ3n) is 3.10. The summed E-state index contributed by atoms with van der Waals surface area (Å²) in [5.74, 6) is 0.587. The van der Waals surface area contributed by atoms with Crippen LogP contribution in [0.25, 0.3) is 0 Å². The first-order valence-electron chi connectivity index (χ1n) is 6.48. The van der Waals surface area contributed by atoms with Gasteiger partial charge in [-0.15, -0.1) is 0 Å². The summed E-state index contributed by atoms with van der Waals surface area (Å²) in [5.41, 5.74) is 9.27. The van der Waals surface area contributed by atoms with Gasteiger partial charge in [-0.1, -0.05) is 38.1 Å². The molecule has 3 heteroatoms. The van der Waals surface area contributed by atoms with E-state index in [1.807, 2.05) is 6.33 Å². The van der Waals surface area contributed by atoms with Crippen LogP contribution in [0.2, 0.25) is 0 Å². The van der Waals surface area contributed by atoms with Gasteiger partial charge in [-0.2, -0.15) is 0 Å². The number of rotatable bonds is 5. The van der Waals surface area contributed by atoms with Crippen LogP contribution in [-0.4, -0.2) is 16.1 Å². The lowest BCUT2D eigenvalue weighted by Crippen LogP contribution is -2.02. The van der Waals surface area contributed by atoms with E-state index in [9.17, 15) is 0 Å². The van der Waals surface area contributed by atoms with E-state index in [1.54, 1.807) is 0 Å². The number of aromatic nitrogens is 2. The number of hydrogen-bond donors (Lipinski definition) is 1. The monoisotopic (exact) mass is 243 g/mol. The van der Waals surface area contributed by atoms with Crippen molar-refractivity contribution in [2.24, 2.45) is 5.73 Å². The van der Waals surface area contributed by atoms with Crippen molar-refractivity contribution in [3.63, 3.8) is 0 Å². The molecular weight excluding hydrogens is 222 g/mol. The summed E-state index contributed by atoms with van der Waals surface area (Å²) < 4.78 is 2.11. The highest BCUT2D eigenvalue weighted by Gasteiger charge is 2.01. The van der Waals surface area contributed by atoms with Gasteiger partial charge in [-0.3, -0.25) is 0 Å². The Bertz CT molecular complexity index is 483. The van der Waals surface area contributed by atoms with Crippen molar-refractivity contribution >= 4 is 0 Å². The summed E-state index contributed by atoms with van der Waals surface area (Å²) in [7, 11) is 0. The first-order chi connectivity index (χ1) is 8.69. The normalized spacial score (nSPS) is 11.1. The van der Waals surface area contributed by atoms with Crippen LogP contribution in [0.4, 0.5) is 0 Å². The molecule has 0 aliphatic heterocycles. The second-order valence-corrected chi connectivity index (χ2v) is 4.97. The van der Waals surface area contributed by atoms with E-state index >= 15 is 0 Å². The highest BCUT2D eigenvalue weighted by atomic mass is 15.0. The van der Waals surface area contributed by atoms with E-state index in [2.05, 4.69) is 53.9 Å². The zero-order valence-electron chi connectivity index (χ0n) is 11.1. The molecule has 3 nitrogen and oxygen atoms in total. The minimum Gasteiger partial charge on any atom is -0.333 e. The molecule has 96 valence electrons. The second kappa shape index (κ2) is 5.83. The fourth-order valence-electron chi connectivity index (χ4n) is 1.99. The molecule has 2 rings (SSSR count). The molecule has 2 N–H and O–H groups in total. The Morgan fingerprint density at radius 1 is 1.22 bits per heavy atom. The van der Waals surface area contributed by atoms with E-state index in [-0.39, 0.29) is 0 Å². The molecule has 0 aliphatic rings. The third-order valence-corrected chi connectivity index (χ3v) is 3.10. The van der Waals surface area contributed by atoms with Gasteiger partial charge in [-0.05, 0) is 23.6 Å². The Labute approximate surface area is 109 Å². The van der Waals surface area contributed by atoms with Gasteiger partial charge in [-0.25, -0.2) is 4.98 Å². The quantitative estimate of drug-likeness (QED) is 0.877. The van der Waals surface area contributed by atoms with Crippen LogP contribution in [0.15, 0.2) is 36.8 Å².